The Balaban J connectivity index is 2.14. The zero-order valence-electron chi connectivity index (χ0n) is 11.9. The highest BCUT2D eigenvalue weighted by Gasteiger charge is 2.07. The number of nitrogens with one attached hydrogen (secondary N) is 1. The Hall–Kier alpha value is -2.34. The molecule has 0 bridgehead atoms. The molecule has 0 saturated carbocycles. The number of nitrogens with two attached hydrogens (primary N) is 1. The van der Waals surface area contributed by atoms with Crippen LogP contribution in [0.3, 0.4) is 0 Å². The fourth-order valence-corrected chi connectivity index (χ4v) is 1.91. The molecule has 6 nitrogen and oxygen atoms in total. The van der Waals surface area contributed by atoms with E-state index in [1.165, 1.54) is 5.56 Å². The van der Waals surface area contributed by atoms with Crippen LogP contribution < -0.4 is 20.9 Å². The highest BCUT2D eigenvalue weighted by molar-refractivity contribution is 5.48. The minimum absolute atomic E-state index is 0.606. The average Bonchev–Trinajstić information content (AvgIpc) is 2.47. The average molecular weight is 273 g/mol. The van der Waals surface area contributed by atoms with E-state index >= 15 is 0 Å². The molecule has 0 aliphatic carbocycles. The van der Waals surface area contributed by atoms with Gasteiger partial charge in [0.15, 0.2) is 0 Å². The topological polar surface area (TPSA) is 76.3 Å². The van der Waals surface area contributed by atoms with E-state index < -0.39 is 0 Å². The minimum atomic E-state index is 0.606. The Morgan fingerprint density at radius 3 is 2.55 bits per heavy atom. The molecule has 0 saturated heterocycles. The summed E-state index contributed by atoms with van der Waals surface area (Å²) in [6, 6.07) is 9.77. The molecule has 3 N–H and O–H groups in total. The summed E-state index contributed by atoms with van der Waals surface area (Å²) in [4.78, 5) is 10.6. The van der Waals surface area contributed by atoms with Crippen molar-refractivity contribution in [2.45, 2.75) is 13.5 Å². The van der Waals surface area contributed by atoms with Crippen LogP contribution in [0.4, 0.5) is 11.6 Å². The Bertz CT molecular complexity index is 570. The maximum atomic E-state index is 5.40. The largest absolute Gasteiger partial charge is 0.497 e. The first-order chi connectivity index (χ1) is 9.62. The van der Waals surface area contributed by atoms with Crippen LogP contribution in [0.15, 0.2) is 30.3 Å². The summed E-state index contributed by atoms with van der Waals surface area (Å²) >= 11 is 0. The van der Waals surface area contributed by atoms with Crippen molar-refractivity contribution in [2.24, 2.45) is 5.84 Å². The molecule has 1 aromatic carbocycles. The molecule has 1 aromatic heterocycles. The Kier molecular flexibility index (Phi) is 4.37. The van der Waals surface area contributed by atoms with Crippen LogP contribution in [-0.2, 0) is 6.54 Å². The molecule has 0 aliphatic rings. The van der Waals surface area contributed by atoms with Crippen LogP contribution in [0.2, 0.25) is 0 Å². The van der Waals surface area contributed by atoms with E-state index in [0.717, 1.165) is 18.1 Å². The van der Waals surface area contributed by atoms with Crippen LogP contribution in [0.1, 0.15) is 11.4 Å². The molecule has 0 fully saturated rings. The monoisotopic (exact) mass is 273 g/mol. The summed E-state index contributed by atoms with van der Waals surface area (Å²) in [7, 11) is 3.64. The van der Waals surface area contributed by atoms with E-state index in [1.807, 2.05) is 49.2 Å². The molecule has 0 amide bonds. The lowest BCUT2D eigenvalue weighted by Gasteiger charge is -2.19. The van der Waals surface area contributed by atoms with E-state index in [-0.39, 0.29) is 0 Å². The van der Waals surface area contributed by atoms with Crippen LogP contribution >= 0.6 is 0 Å². The van der Waals surface area contributed by atoms with Crippen molar-refractivity contribution in [2.75, 3.05) is 24.5 Å². The molecule has 6 heteroatoms. The van der Waals surface area contributed by atoms with Crippen molar-refractivity contribution in [3.8, 4) is 5.75 Å². The normalized spacial score (nSPS) is 10.2. The van der Waals surface area contributed by atoms with Gasteiger partial charge in [-0.15, -0.1) is 0 Å². The second-order valence-corrected chi connectivity index (χ2v) is 4.51. The number of anilines is 2. The van der Waals surface area contributed by atoms with Crippen LogP contribution in [0.5, 0.6) is 5.75 Å². The SMILES string of the molecule is COc1ccc(CN(C)c2cc(NN)nc(C)n2)cc1. The fourth-order valence-electron chi connectivity index (χ4n) is 1.91. The summed E-state index contributed by atoms with van der Waals surface area (Å²) in [5.41, 5.74) is 3.72. The molecular formula is C14H19N5O. The van der Waals surface area contributed by atoms with Crippen molar-refractivity contribution >= 4 is 11.6 Å². The molecule has 0 spiro atoms. The molecule has 0 atom stereocenters. The summed E-state index contributed by atoms with van der Waals surface area (Å²) in [5, 5.41) is 0. The molecule has 0 aliphatic heterocycles. The number of nitrogens with zero attached hydrogens (tertiary/aromatic N) is 3. The van der Waals surface area contributed by atoms with Gasteiger partial charge >= 0.3 is 0 Å². The lowest BCUT2D eigenvalue weighted by atomic mass is 10.2. The number of hydrogen-bond donors (Lipinski definition) is 2. The maximum absolute atomic E-state index is 5.40. The second kappa shape index (κ2) is 6.21. The minimum Gasteiger partial charge on any atom is -0.497 e. The lowest BCUT2D eigenvalue weighted by molar-refractivity contribution is 0.414. The van der Waals surface area contributed by atoms with Gasteiger partial charge in [0.25, 0.3) is 0 Å². The van der Waals surface area contributed by atoms with Gasteiger partial charge in [-0.2, -0.15) is 0 Å². The predicted molar refractivity (Wildman–Crippen MR) is 79.7 cm³/mol. The highest BCUT2D eigenvalue weighted by Crippen LogP contribution is 2.18. The number of aryl methyl sites for hydroxylation is 1. The second-order valence-electron chi connectivity index (χ2n) is 4.51. The zero-order chi connectivity index (χ0) is 14.5. The first kappa shape index (κ1) is 14.1. The Morgan fingerprint density at radius 1 is 1.25 bits per heavy atom. The van der Waals surface area contributed by atoms with Gasteiger partial charge in [-0.05, 0) is 24.6 Å². The van der Waals surface area contributed by atoms with E-state index in [9.17, 15) is 0 Å². The fraction of sp³-hybridized carbons (Fsp3) is 0.286. The maximum Gasteiger partial charge on any atom is 0.145 e. The zero-order valence-corrected chi connectivity index (χ0v) is 11.9. The van der Waals surface area contributed by atoms with Gasteiger partial charge < -0.3 is 15.1 Å². The summed E-state index contributed by atoms with van der Waals surface area (Å²) in [6.45, 7) is 2.58. The lowest BCUT2D eigenvalue weighted by Crippen LogP contribution is -2.19. The van der Waals surface area contributed by atoms with E-state index in [2.05, 4.69) is 15.4 Å². The van der Waals surface area contributed by atoms with Crippen molar-refractivity contribution in [3.05, 3.63) is 41.7 Å². The van der Waals surface area contributed by atoms with Gasteiger partial charge in [0.05, 0.1) is 7.11 Å². The number of aromatic nitrogens is 2. The Morgan fingerprint density at radius 2 is 1.95 bits per heavy atom. The third-order valence-electron chi connectivity index (χ3n) is 2.94. The van der Waals surface area contributed by atoms with Crippen molar-refractivity contribution < 1.29 is 4.74 Å². The number of hydrogen-bond acceptors (Lipinski definition) is 6. The first-order valence-electron chi connectivity index (χ1n) is 6.28. The van der Waals surface area contributed by atoms with Crippen molar-refractivity contribution in [3.63, 3.8) is 0 Å². The highest BCUT2D eigenvalue weighted by atomic mass is 16.5. The molecule has 0 radical (unpaired) electrons. The standard InChI is InChI=1S/C14H19N5O/c1-10-16-13(18-15)8-14(17-10)19(2)9-11-4-6-12(20-3)7-5-11/h4-8H,9,15H2,1-3H3,(H,16,17,18). The van der Waals surface area contributed by atoms with Gasteiger partial charge in [0.2, 0.25) is 0 Å². The smallest absolute Gasteiger partial charge is 0.145 e. The Labute approximate surface area is 118 Å². The van der Waals surface area contributed by atoms with E-state index in [4.69, 9.17) is 10.6 Å². The third kappa shape index (κ3) is 3.36. The van der Waals surface area contributed by atoms with Crippen molar-refractivity contribution in [1.82, 2.24) is 9.97 Å². The summed E-state index contributed by atoms with van der Waals surface area (Å²) in [6.07, 6.45) is 0. The number of hydrazine groups is 1. The van der Waals surface area contributed by atoms with Gasteiger partial charge in [0, 0.05) is 19.7 Å². The first-order valence-corrected chi connectivity index (χ1v) is 6.28. The van der Waals surface area contributed by atoms with Crippen LogP contribution in [-0.4, -0.2) is 24.1 Å². The van der Waals surface area contributed by atoms with Gasteiger partial charge in [-0.1, -0.05) is 12.1 Å². The molecule has 2 rings (SSSR count). The molecule has 0 unspecified atom stereocenters. The molecule has 1 heterocycles. The van der Waals surface area contributed by atoms with Gasteiger partial charge in [-0.25, -0.2) is 15.8 Å². The number of rotatable bonds is 5. The number of methoxy groups -OCH3 is 1. The number of ether oxygens (including phenoxy) is 1. The van der Waals surface area contributed by atoms with Gasteiger partial charge in [-0.3, -0.25) is 0 Å². The third-order valence-corrected chi connectivity index (χ3v) is 2.94. The predicted octanol–water partition coefficient (Wildman–Crippen LogP) is 1.72. The van der Waals surface area contributed by atoms with Crippen molar-refractivity contribution in [1.29, 1.82) is 0 Å². The summed E-state index contributed by atoms with van der Waals surface area (Å²) in [5.74, 6) is 8.35. The van der Waals surface area contributed by atoms with E-state index in [1.54, 1.807) is 7.11 Å². The molecule has 106 valence electrons. The summed E-state index contributed by atoms with van der Waals surface area (Å²) < 4.78 is 5.15. The van der Waals surface area contributed by atoms with Crippen LogP contribution in [0, 0.1) is 6.92 Å². The molecular weight excluding hydrogens is 254 g/mol. The molecule has 20 heavy (non-hydrogen) atoms. The number of benzene rings is 1. The van der Waals surface area contributed by atoms with Crippen LogP contribution in [0.25, 0.3) is 0 Å². The quantitative estimate of drug-likeness (QED) is 0.638. The number of nitrogen functional groups attached to an aromatic ring is 1. The van der Waals surface area contributed by atoms with E-state index in [0.29, 0.717) is 11.6 Å². The van der Waals surface area contributed by atoms with Gasteiger partial charge in [0.1, 0.15) is 23.2 Å². The molecule has 2 aromatic rings.